The number of hydrogen-bond donors (Lipinski definition) is 2. The van der Waals surface area contributed by atoms with Crippen molar-refractivity contribution in [2.75, 3.05) is 11.1 Å². The second-order valence-electron chi connectivity index (χ2n) is 4.87. The van der Waals surface area contributed by atoms with Crippen LogP contribution in [0.15, 0.2) is 29.1 Å². The van der Waals surface area contributed by atoms with Gasteiger partial charge in [-0.25, -0.2) is 13.8 Å². The van der Waals surface area contributed by atoms with Gasteiger partial charge < -0.3 is 15.6 Å². The van der Waals surface area contributed by atoms with E-state index in [1.54, 1.807) is 0 Å². The molecule has 3 N–H and O–H groups in total. The average Bonchev–Trinajstić information content (AvgIpc) is 3.16. The molecule has 24 heavy (non-hydrogen) atoms. The van der Waals surface area contributed by atoms with Gasteiger partial charge in [0.15, 0.2) is 5.82 Å². The van der Waals surface area contributed by atoms with E-state index in [9.17, 15) is 13.6 Å². The number of anilines is 1. The molecule has 0 bridgehead atoms. The molecule has 1 aromatic carbocycles. The first kappa shape index (κ1) is 16.8. The van der Waals surface area contributed by atoms with Gasteiger partial charge in [-0.15, -0.1) is 11.3 Å². The number of carbonyl (C=O) groups excluding carboxylic acids is 1. The summed E-state index contributed by atoms with van der Waals surface area (Å²) in [5.41, 5.74) is 6.40. The molecule has 0 radical (unpaired) electrons. The summed E-state index contributed by atoms with van der Waals surface area (Å²) in [5, 5.41) is 6.68. The van der Waals surface area contributed by atoms with Crippen molar-refractivity contribution < 1.29 is 18.1 Å². The fraction of sp³-hybridized carbons (Fsp3) is 0.214. The molecule has 0 spiro atoms. The Morgan fingerprint density at radius 3 is 3.04 bits per heavy atom. The molecule has 2 heterocycles. The lowest BCUT2D eigenvalue weighted by Gasteiger charge is -2.09. The first-order chi connectivity index (χ1) is 11.5. The first-order valence-electron chi connectivity index (χ1n) is 6.81. The molecule has 0 aliphatic heterocycles. The molecular formula is C14H12F2N4O2S2. The maximum absolute atomic E-state index is 13.6. The summed E-state index contributed by atoms with van der Waals surface area (Å²) in [5.74, 6) is -0.862. The largest absolute Gasteiger partial charge is 0.363 e. The normalized spacial score (nSPS) is 12.5. The lowest BCUT2D eigenvalue weighted by atomic mass is 10.3. The van der Waals surface area contributed by atoms with Crippen molar-refractivity contribution in [2.24, 2.45) is 5.73 Å². The topological polar surface area (TPSA) is 94.0 Å². The van der Waals surface area contributed by atoms with Crippen LogP contribution in [-0.2, 0) is 10.5 Å². The van der Waals surface area contributed by atoms with Gasteiger partial charge in [0, 0.05) is 17.6 Å². The Bertz CT molecular complexity index is 854. The Morgan fingerprint density at radius 2 is 2.29 bits per heavy atom. The van der Waals surface area contributed by atoms with E-state index in [4.69, 9.17) is 5.73 Å². The summed E-state index contributed by atoms with van der Waals surface area (Å²) in [6.45, 7) is 0. The van der Waals surface area contributed by atoms with Crippen LogP contribution in [-0.4, -0.2) is 27.8 Å². The van der Waals surface area contributed by atoms with Gasteiger partial charge in [-0.2, -0.15) is 11.8 Å². The summed E-state index contributed by atoms with van der Waals surface area (Å²) >= 11 is 2.60. The highest BCUT2D eigenvalue weighted by Gasteiger charge is 2.16. The number of nitrogens with one attached hydrogen (secondary N) is 1. The minimum Gasteiger partial charge on any atom is -0.363 e. The predicted octanol–water partition coefficient (Wildman–Crippen LogP) is 2.76. The van der Waals surface area contributed by atoms with Gasteiger partial charge in [0.05, 0.1) is 16.9 Å². The molecule has 1 atom stereocenters. The number of fused-ring (bicyclic) bond motifs is 1. The number of nitrogens with zero attached hydrogens (tertiary/aromatic N) is 2. The zero-order valence-corrected chi connectivity index (χ0v) is 13.8. The molecule has 126 valence electrons. The third-order valence-corrected chi connectivity index (χ3v) is 5.27. The molecule has 0 saturated heterocycles. The number of halogens is 2. The number of hydrogen-bond acceptors (Lipinski definition) is 7. The van der Waals surface area contributed by atoms with Gasteiger partial charge in [0.2, 0.25) is 5.91 Å². The SMILES string of the molecule is NC(CSCc1nc2c(F)cc(F)cc2s1)C(=O)Nc1cnoc1. The molecule has 3 rings (SSSR count). The smallest absolute Gasteiger partial charge is 0.242 e. The van der Waals surface area contributed by atoms with Crippen LogP contribution in [0.2, 0.25) is 0 Å². The number of benzene rings is 1. The van der Waals surface area contributed by atoms with Crippen molar-refractivity contribution in [1.29, 1.82) is 0 Å². The summed E-state index contributed by atoms with van der Waals surface area (Å²) in [6, 6.07) is 1.33. The molecule has 10 heteroatoms. The maximum Gasteiger partial charge on any atom is 0.242 e. The van der Waals surface area contributed by atoms with E-state index in [2.05, 4.69) is 20.0 Å². The second-order valence-corrected chi connectivity index (χ2v) is 7.01. The standard InChI is InChI=1S/C14H12F2N4O2S2/c15-7-1-9(16)13-11(2-7)24-12(20-13)6-23-5-10(17)14(21)19-8-3-18-22-4-8/h1-4,10H,5-6,17H2,(H,19,21). The summed E-state index contributed by atoms with van der Waals surface area (Å²) in [4.78, 5) is 16.0. The van der Waals surface area contributed by atoms with E-state index >= 15 is 0 Å². The zero-order valence-electron chi connectivity index (χ0n) is 12.2. The van der Waals surface area contributed by atoms with Gasteiger partial charge >= 0.3 is 0 Å². The van der Waals surface area contributed by atoms with E-state index in [1.165, 1.54) is 41.6 Å². The van der Waals surface area contributed by atoms with E-state index in [-0.39, 0.29) is 11.4 Å². The highest BCUT2D eigenvalue weighted by atomic mass is 32.2. The fourth-order valence-corrected chi connectivity index (χ4v) is 3.97. The van der Waals surface area contributed by atoms with Gasteiger partial charge in [0.25, 0.3) is 0 Å². The van der Waals surface area contributed by atoms with Crippen LogP contribution in [0.1, 0.15) is 5.01 Å². The number of thiazole rings is 1. The van der Waals surface area contributed by atoms with E-state index < -0.39 is 17.7 Å². The molecule has 0 fully saturated rings. The van der Waals surface area contributed by atoms with Gasteiger partial charge in [-0.1, -0.05) is 5.16 Å². The Labute approximate surface area is 143 Å². The van der Waals surface area contributed by atoms with Crippen LogP contribution < -0.4 is 11.1 Å². The Balaban J connectivity index is 1.54. The molecule has 2 aromatic heterocycles. The number of carbonyl (C=O) groups is 1. The van der Waals surface area contributed by atoms with Crippen molar-refractivity contribution in [3.63, 3.8) is 0 Å². The lowest BCUT2D eigenvalue weighted by Crippen LogP contribution is -2.37. The lowest BCUT2D eigenvalue weighted by molar-refractivity contribution is -0.116. The number of aromatic nitrogens is 2. The van der Waals surface area contributed by atoms with Crippen LogP contribution in [0.5, 0.6) is 0 Å². The van der Waals surface area contributed by atoms with Crippen LogP contribution in [0, 0.1) is 11.6 Å². The van der Waals surface area contributed by atoms with E-state index in [0.29, 0.717) is 26.9 Å². The van der Waals surface area contributed by atoms with E-state index in [1.807, 2.05) is 0 Å². The maximum atomic E-state index is 13.6. The summed E-state index contributed by atoms with van der Waals surface area (Å²) < 4.78 is 31.8. The van der Waals surface area contributed by atoms with Crippen LogP contribution >= 0.6 is 23.1 Å². The predicted molar refractivity (Wildman–Crippen MR) is 88.8 cm³/mol. The summed E-state index contributed by atoms with van der Waals surface area (Å²) in [6.07, 6.45) is 2.67. The first-order valence-corrected chi connectivity index (χ1v) is 8.78. The van der Waals surface area contributed by atoms with Gasteiger partial charge in [-0.3, -0.25) is 4.79 Å². The molecule has 0 aliphatic carbocycles. The Morgan fingerprint density at radius 1 is 1.46 bits per heavy atom. The monoisotopic (exact) mass is 370 g/mol. The molecule has 6 nitrogen and oxygen atoms in total. The van der Waals surface area contributed by atoms with Crippen LogP contribution in [0.25, 0.3) is 10.2 Å². The Hall–Kier alpha value is -2.04. The Kier molecular flexibility index (Phi) is 5.07. The molecular weight excluding hydrogens is 358 g/mol. The molecule has 3 aromatic rings. The van der Waals surface area contributed by atoms with Crippen molar-refractivity contribution in [3.05, 3.63) is 41.2 Å². The number of rotatable bonds is 6. The second kappa shape index (κ2) is 7.24. The third-order valence-electron chi connectivity index (χ3n) is 3.02. The summed E-state index contributed by atoms with van der Waals surface area (Å²) in [7, 11) is 0. The van der Waals surface area contributed by atoms with Crippen molar-refractivity contribution >= 4 is 44.9 Å². The van der Waals surface area contributed by atoms with Crippen LogP contribution in [0.3, 0.4) is 0 Å². The number of thioether (sulfide) groups is 1. The zero-order chi connectivity index (χ0) is 17.1. The minimum atomic E-state index is -0.728. The number of nitrogens with two attached hydrogens (primary N) is 1. The number of amides is 1. The molecule has 0 saturated carbocycles. The van der Waals surface area contributed by atoms with Crippen molar-refractivity contribution in [3.8, 4) is 0 Å². The minimum absolute atomic E-state index is 0.159. The molecule has 1 amide bonds. The van der Waals surface area contributed by atoms with Gasteiger partial charge in [0.1, 0.15) is 28.3 Å². The highest BCUT2D eigenvalue weighted by Crippen LogP contribution is 2.28. The van der Waals surface area contributed by atoms with E-state index in [0.717, 1.165) is 6.07 Å². The quantitative estimate of drug-likeness (QED) is 0.693. The van der Waals surface area contributed by atoms with Gasteiger partial charge in [-0.05, 0) is 6.07 Å². The fourth-order valence-electron chi connectivity index (χ4n) is 1.92. The molecule has 0 aliphatic rings. The molecule has 1 unspecified atom stereocenters. The van der Waals surface area contributed by atoms with Crippen molar-refractivity contribution in [2.45, 2.75) is 11.8 Å². The van der Waals surface area contributed by atoms with Crippen molar-refractivity contribution in [1.82, 2.24) is 10.1 Å². The third kappa shape index (κ3) is 3.89. The average molecular weight is 370 g/mol. The van der Waals surface area contributed by atoms with Crippen LogP contribution in [0.4, 0.5) is 14.5 Å². The highest BCUT2D eigenvalue weighted by molar-refractivity contribution is 7.98.